The first-order valence-corrected chi connectivity index (χ1v) is 10.8. The zero-order valence-corrected chi connectivity index (χ0v) is 17.6. The summed E-state index contributed by atoms with van der Waals surface area (Å²) in [5.74, 6) is 2.01. The number of nitrogens with zero attached hydrogens (tertiary/aromatic N) is 2. The third-order valence-corrected chi connectivity index (χ3v) is 7.28. The fourth-order valence-electron chi connectivity index (χ4n) is 5.57. The third kappa shape index (κ3) is 3.38. The van der Waals surface area contributed by atoms with Gasteiger partial charge in [-0.15, -0.1) is 0 Å². The van der Waals surface area contributed by atoms with Gasteiger partial charge in [0, 0.05) is 24.1 Å². The molecule has 0 aliphatic heterocycles. The predicted molar refractivity (Wildman–Crippen MR) is 112 cm³/mol. The van der Waals surface area contributed by atoms with Gasteiger partial charge in [0.05, 0.1) is 11.7 Å². The van der Waals surface area contributed by atoms with Gasteiger partial charge in [-0.05, 0) is 63.5 Å². The van der Waals surface area contributed by atoms with Crippen molar-refractivity contribution in [1.29, 1.82) is 0 Å². The number of hydrogen-bond acceptors (Lipinski definition) is 2. The van der Waals surface area contributed by atoms with Gasteiger partial charge in [0.25, 0.3) is 0 Å². The molecule has 2 aliphatic carbocycles. The molecule has 2 fully saturated rings. The number of rotatable bonds is 5. The topological polar surface area (TPSA) is 46.9 Å². The number of amides is 1. The molecule has 4 rings (SSSR count). The second-order valence-corrected chi connectivity index (χ2v) is 8.94. The maximum Gasteiger partial charge on any atom is 0.222 e. The van der Waals surface area contributed by atoms with Crippen molar-refractivity contribution in [1.82, 2.24) is 15.1 Å². The van der Waals surface area contributed by atoms with Crippen molar-refractivity contribution in [2.45, 2.75) is 77.8 Å². The average molecular weight is 380 g/mol. The van der Waals surface area contributed by atoms with Crippen molar-refractivity contribution in [3.8, 4) is 0 Å². The van der Waals surface area contributed by atoms with Gasteiger partial charge in [-0.2, -0.15) is 5.10 Å². The van der Waals surface area contributed by atoms with Crippen molar-refractivity contribution in [3.05, 3.63) is 52.8 Å². The number of nitrogens with one attached hydrogen (secondary N) is 1. The Morgan fingerprint density at radius 2 is 1.82 bits per heavy atom. The summed E-state index contributed by atoms with van der Waals surface area (Å²) in [7, 11) is 0. The van der Waals surface area contributed by atoms with Crippen LogP contribution in [0.2, 0.25) is 0 Å². The molecule has 2 aromatic rings. The minimum Gasteiger partial charge on any atom is -0.352 e. The van der Waals surface area contributed by atoms with Gasteiger partial charge in [-0.1, -0.05) is 43.2 Å². The highest BCUT2D eigenvalue weighted by atomic mass is 16.1. The normalized spacial score (nSPS) is 27.6. The Hall–Kier alpha value is -2.10. The molecule has 1 aromatic heterocycles. The number of aryl methyl sites for hydroxylation is 1. The van der Waals surface area contributed by atoms with Crippen LogP contribution < -0.4 is 5.32 Å². The lowest BCUT2D eigenvalue weighted by Gasteiger charge is -2.55. The minimum absolute atomic E-state index is 0.0739. The standard InChI is InChI=1S/C24H33N3O/c1-15(27-18(4)16(2)17(3)26-27)14-22(28)25-24-21-13-9-8-12-20(21)23(24)19-10-6-5-7-11-19/h5-7,10-11,15,20-21,23-24H,8-9,12-14H2,1-4H3,(H,25,28)/t15?,20?,21?,23-,24-/m0/s1. The first-order valence-electron chi connectivity index (χ1n) is 10.8. The lowest BCUT2D eigenvalue weighted by Crippen LogP contribution is -2.59. The van der Waals surface area contributed by atoms with E-state index in [-0.39, 0.29) is 18.0 Å². The van der Waals surface area contributed by atoms with Crippen LogP contribution in [0.3, 0.4) is 0 Å². The largest absolute Gasteiger partial charge is 0.352 e. The summed E-state index contributed by atoms with van der Waals surface area (Å²) in [5.41, 5.74) is 4.83. The number of carbonyl (C=O) groups is 1. The zero-order valence-electron chi connectivity index (χ0n) is 17.6. The maximum atomic E-state index is 12.9. The summed E-state index contributed by atoms with van der Waals surface area (Å²) >= 11 is 0. The SMILES string of the molecule is Cc1nn(C(C)CC(=O)N[C@H]2C3CCCCC3[C@@H]2c2ccccc2)c(C)c1C. The molecule has 1 heterocycles. The average Bonchev–Trinajstić information content (AvgIpc) is 2.95. The molecule has 2 aliphatic rings. The van der Waals surface area contributed by atoms with Crippen LogP contribution in [0.5, 0.6) is 0 Å². The van der Waals surface area contributed by atoms with E-state index in [0.717, 1.165) is 17.3 Å². The quantitative estimate of drug-likeness (QED) is 0.807. The molecule has 1 amide bonds. The molecule has 5 atom stereocenters. The highest BCUT2D eigenvalue weighted by Crippen LogP contribution is 2.54. The first kappa shape index (κ1) is 19.2. The van der Waals surface area contributed by atoms with E-state index in [0.29, 0.717) is 18.3 Å². The van der Waals surface area contributed by atoms with Crippen molar-refractivity contribution < 1.29 is 4.79 Å². The molecule has 4 nitrogen and oxygen atoms in total. The Bertz CT molecular complexity index is 841. The maximum absolute atomic E-state index is 12.9. The molecule has 1 N–H and O–H groups in total. The molecular formula is C24H33N3O. The summed E-state index contributed by atoms with van der Waals surface area (Å²) in [6.07, 6.45) is 5.68. The Balaban J connectivity index is 1.45. The number of hydrogen-bond donors (Lipinski definition) is 1. The van der Waals surface area contributed by atoms with E-state index in [2.05, 4.69) is 61.5 Å². The van der Waals surface area contributed by atoms with Crippen LogP contribution >= 0.6 is 0 Å². The van der Waals surface area contributed by atoms with Gasteiger partial charge in [0.2, 0.25) is 5.91 Å². The summed E-state index contributed by atoms with van der Waals surface area (Å²) in [6, 6.07) is 11.1. The summed E-state index contributed by atoms with van der Waals surface area (Å²) in [5, 5.41) is 8.07. The summed E-state index contributed by atoms with van der Waals surface area (Å²) < 4.78 is 2.02. The van der Waals surface area contributed by atoms with E-state index < -0.39 is 0 Å². The van der Waals surface area contributed by atoms with Crippen molar-refractivity contribution in [2.75, 3.05) is 0 Å². The Kier molecular flexibility index (Phi) is 5.31. The van der Waals surface area contributed by atoms with Crippen LogP contribution in [0, 0.1) is 32.6 Å². The van der Waals surface area contributed by atoms with Crippen molar-refractivity contribution >= 4 is 5.91 Å². The molecule has 28 heavy (non-hydrogen) atoms. The van der Waals surface area contributed by atoms with E-state index >= 15 is 0 Å². The third-order valence-electron chi connectivity index (χ3n) is 7.28. The van der Waals surface area contributed by atoms with Gasteiger partial charge in [-0.25, -0.2) is 0 Å². The van der Waals surface area contributed by atoms with E-state index in [1.54, 1.807) is 0 Å². The Morgan fingerprint density at radius 1 is 1.14 bits per heavy atom. The smallest absolute Gasteiger partial charge is 0.222 e. The van der Waals surface area contributed by atoms with E-state index in [9.17, 15) is 4.79 Å². The van der Waals surface area contributed by atoms with E-state index in [1.165, 1.54) is 36.8 Å². The number of carbonyl (C=O) groups excluding carboxylic acids is 1. The molecule has 150 valence electrons. The predicted octanol–water partition coefficient (Wildman–Crippen LogP) is 4.85. The molecule has 0 spiro atoms. The van der Waals surface area contributed by atoms with Gasteiger partial charge >= 0.3 is 0 Å². The van der Waals surface area contributed by atoms with Gasteiger partial charge in [0.1, 0.15) is 0 Å². The molecule has 0 radical (unpaired) electrons. The van der Waals surface area contributed by atoms with Crippen molar-refractivity contribution in [3.63, 3.8) is 0 Å². The van der Waals surface area contributed by atoms with Crippen LogP contribution in [-0.2, 0) is 4.79 Å². The van der Waals surface area contributed by atoms with E-state index in [1.807, 2.05) is 11.6 Å². The number of fused-ring (bicyclic) bond motifs is 1. The fourth-order valence-corrected chi connectivity index (χ4v) is 5.57. The van der Waals surface area contributed by atoms with Gasteiger partial charge < -0.3 is 5.32 Å². The lowest BCUT2D eigenvalue weighted by atomic mass is 9.53. The highest BCUT2D eigenvalue weighted by Gasteiger charge is 2.51. The minimum atomic E-state index is 0.0739. The number of benzene rings is 1. The molecule has 2 saturated carbocycles. The molecular weight excluding hydrogens is 346 g/mol. The lowest BCUT2D eigenvalue weighted by molar-refractivity contribution is -0.125. The summed E-state index contributed by atoms with van der Waals surface area (Å²) in [4.78, 5) is 12.9. The monoisotopic (exact) mass is 379 g/mol. The van der Waals surface area contributed by atoms with Crippen LogP contribution in [0.15, 0.2) is 30.3 Å². The van der Waals surface area contributed by atoms with Crippen LogP contribution in [-0.4, -0.2) is 21.7 Å². The number of aromatic nitrogens is 2. The molecule has 1 aromatic carbocycles. The van der Waals surface area contributed by atoms with E-state index in [4.69, 9.17) is 0 Å². The second-order valence-electron chi connectivity index (χ2n) is 8.94. The Labute approximate surface area is 168 Å². The molecule has 4 heteroatoms. The highest BCUT2D eigenvalue weighted by molar-refractivity contribution is 5.77. The van der Waals surface area contributed by atoms with Crippen LogP contribution in [0.25, 0.3) is 0 Å². The van der Waals surface area contributed by atoms with Crippen molar-refractivity contribution in [2.24, 2.45) is 11.8 Å². The molecule has 0 bridgehead atoms. The molecule has 0 saturated heterocycles. The Morgan fingerprint density at radius 3 is 2.46 bits per heavy atom. The van der Waals surface area contributed by atoms with Gasteiger partial charge in [-0.3, -0.25) is 9.48 Å². The zero-order chi connectivity index (χ0) is 19.8. The van der Waals surface area contributed by atoms with Crippen LogP contribution in [0.4, 0.5) is 0 Å². The molecule has 3 unspecified atom stereocenters. The summed E-state index contributed by atoms with van der Waals surface area (Å²) in [6.45, 7) is 8.32. The van der Waals surface area contributed by atoms with Gasteiger partial charge in [0.15, 0.2) is 0 Å². The van der Waals surface area contributed by atoms with Crippen LogP contribution in [0.1, 0.15) is 73.5 Å². The first-order chi connectivity index (χ1) is 13.5. The fraction of sp³-hybridized carbons (Fsp3) is 0.583. The second kappa shape index (κ2) is 7.73.